The molecule has 0 aliphatic rings. The monoisotopic (exact) mass is 180 g/mol. The third kappa shape index (κ3) is 1.69. The average molecular weight is 180 g/mol. The zero-order valence-electron chi connectivity index (χ0n) is 7.96. The maximum Gasteiger partial charge on any atom is 0.114 e. The summed E-state index contributed by atoms with van der Waals surface area (Å²) in [5.74, 6) is 0.469. The number of aromatic hydroxyl groups is 1. The molecule has 0 amide bonds. The summed E-state index contributed by atoms with van der Waals surface area (Å²) in [6.07, 6.45) is 0. The summed E-state index contributed by atoms with van der Waals surface area (Å²) in [5, 5.41) is 10.8. The molecule has 0 saturated heterocycles. The number of hydrogen-bond acceptors (Lipinski definition) is 1. The van der Waals surface area contributed by atoms with Gasteiger partial charge in [-0.2, -0.15) is 0 Å². The Bertz CT molecular complexity index is 268. The van der Waals surface area contributed by atoms with Crippen LogP contribution in [0.15, 0.2) is 24.3 Å². The van der Waals surface area contributed by atoms with Gasteiger partial charge < -0.3 is 5.11 Å². The van der Waals surface area contributed by atoms with Crippen LogP contribution in [-0.4, -0.2) is 13.2 Å². The van der Waals surface area contributed by atoms with Crippen LogP contribution in [0, 0.1) is 0 Å². The number of phenolic OH excluding ortho intramolecular Hbond substituents is 1. The van der Waals surface area contributed by atoms with Crippen molar-refractivity contribution in [3.8, 4) is 5.75 Å². The molecule has 1 rings (SSSR count). The Morgan fingerprint density at radius 1 is 1.25 bits per heavy atom. The summed E-state index contributed by atoms with van der Waals surface area (Å²) >= 11 is 0. The van der Waals surface area contributed by atoms with Gasteiger partial charge in [-0.3, -0.25) is 0 Å². The van der Waals surface area contributed by atoms with E-state index < -0.39 is 8.07 Å². The minimum atomic E-state index is -1.35. The van der Waals surface area contributed by atoms with Gasteiger partial charge in [-0.15, -0.1) is 0 Å². The second-order valence-electron chi connectivity index (χ2n) is 3.75. The molecule has 66 valence electrons. The van der Waals surface area contributed by atoms with Gasteiger partial charge >= 0.3 is 0 Å². The lowest BCUT2D eigenvalue weighted by molar-refractivity contribution is 0.479. The molecule has 0 saturated carbocycles. The molecule has 0 heterocycles. The second kappa shape index (κ2) is 3.31. The van der Waals surface area contributed by atoms with Crippen molar-refractivity contribution >= 4 is 13.3 Å². The van der Waals surface area contributed by atoms with Crippen LogP contribution in [0.3, 0.4) is 0 Å². The fourth-order valence-corrected chi connectivity index (χ4v) is 2.94. The fourth-order valence-electron chi connectivity index (χ4n) is 1.24. The first-order chi connectivity index (χ1) is 5.58. The van der Waals surface area contributed by atoms with E-state index in [2.05, 4.69) is 20.0 Å². The Kier molecular flexibility index (Phi) is 2.57. The van der Waals surface area contributed by atoms with E-state index in [1.807, 2.05) is 18.2 Å². The maximum atomic E-state index is 9.61. The molecule has 0 spiro atoms. The maximum absolute atomic E-state index is 9.61. The van der Waals surface area contributed by atoms with E-state index in [1.54, 1.807) is 6.07 Å². The predicted octanol–water partition coefficient (Wildman–Crippen LogP) is 2.33. The Hall–Kier alpha value is -0.763. The smallest absolute Gasteiger partial charge is 0.114 e. The normalized spacial score (nSPS) is 11.6. The van der Waals surface area contributed by atoms with Gasteiger partial charge in [0.2, 0.25) is 0 Å². The number of phenols is 1. The SMILES string of the molecule is CC[Si](C)(C)c1ccccc1O. The van der Waals surface area contributed by atoms with Crippen molar-refractivity contribution < 1.29 is 5.11 Å². The second-order valence-corrected chi connectivity index (χ2v) is 8.77. The van der Waals surface area contributed by atoms with Gasteiger partial charge in [0, 0.05) is 0 Å². The highest BCUT2D eigenvalue weighted by atomic mass is 28.3. The summed E-state index contributed by atoms with van der Waals surface area (Å²) in [6, 6.07) is 8.87. The zero-order valence-corrected chi connectivity index (χ0v) is 8.96. The molecule has 1 nitrogen and oxygen atoms in total. The molecule has 2 heteroatoms. The van der Waals surface area contributed by atoms with Crippen molar-refractivity contribution in [2.45, 2.75) is 26.1 Å². The van der Waals surface area contributed by atoms with Gasteiger partial charge in [-0.05, 0) is 11.3 Å². The average Bonchev–Trinajstić information content (AvgIpc) is 2.05. The molecule has 0 bridgehead atoms. The lowest BCUT2D eigenvalue weighted by Crippen LogP contribution is -2.40. The van der Waals surface area contributed by atoms with Crippen LogP contribution in [0.1, 0.15) is 6.92 Å². The third-order valence-corrected chi connectivity index (χ3v) is 6.17. The van der Waals surface area contributed by atoms with Gasteiger partial charge in [-0.25, -0.2) is 0 Å². The zero-order chi connectivity index (χ0) is 9.19. The minimum absolute atomic E-state index is 0.469. The molecule has 0 unspecified atom stereocenters. The highest BCUT2D eigenvalue weighted by molar-refractivity contribution is 6.90. The fraction of sp³-hybridized carbons (Fsp3) is 0.400. The Labute approximate surface area is 75.1 Å². The number of rotatable bonds is 2. The van der Waals surface area contributed by atoms with Crippen molar-refractivity contribution in [2.24, 2.45) is 0 Å². The molecule has 1 N–H and O–H groups in total. The van der Waals surface area contributed by atoms with Gasteiger partial charge in [0.05, 0.1) is 8.07 Å². The van der Waals surface area contributed by atoms with E-state index in [4.69, 9.17) is 0 Å². The van der Waals surface area contributed by atoms with Crippen LogP contribution >= 0.6 is 0 Å². The van der Waals surface area contributed by atoms with E-state index in [9.17, 15) is 5.11 Å². The van der Waals surface area contributed by atoms with Crippen LogP contribution in [0.25, 0.3) is 0 Å². The lowest BCUT2D eigenvalue weighted by atomic mass is 10.3. The standard InChI is InChI=1S/C10H16OSi/c1-4-12(2,3)10-8-6-5-7-9(10)11/h5-8,11H,4H2,1-3H3. The minimum Gasteiger partial charge on any atom is -0.508 e. The van der Waals surface area contributed by atoms with Crippen LogP contribution in [0.2, 0.25) is 19.1 Å². The van der Waals surface area contributed by atoms with Crippen molar-refractivity contribution in [3.05, 3.63) is 24.3 Å². The first kappa shape index (κ1) is 9.33. The molecule has 0 fully saturated rings. The van der Waals surface area contributed by atoms with Crippen molar-refractivity contribution in [1.29, 1.82) is 0 Å². The Morgan fingerprint density at radius 3 is 2.33 bits per heavy atom. The first-order valence-corrected chi connectivity index (χ1v) is 7.57. The number of hydrogen-bond donors (Lipinski definition) is 1. The van der Waals surface area contributed by atoms with Crippen LogP contribution in [0.5, 0.6) is 5.75 Å². The third-order valence-electron chi connectivity index (χ3n) is 2.52. The van der Waals surface area contributed by atoms with E-state index in [0.29, 0.717) is 5.75 Å². The molecule has 12 heavy (non-hydrogen) atoms. The quantitative estimate of drug-likeness (QED) is 0.693. The van der Waals surface area contributed by atoms with Crippen molar-refractivity contribution in [3.63, 3.8) is 0 Å². The van der Waals surface area contributed by atoms with Gasteiger partial charge in [0.25, 0.3) is 0 Å². The summed E-state index contributed by atoms with van der Waals surface area (Å²) in [5.41, 5.74) is 0. The van der Waals surface area contributed by atoms with Crippen molar-refractivity contribution in [2.75, 3.05) is 0 Å². The highest BCUT2D eigenvalue weighted by Crippen LogP contribution is 2.15. The summed E-state index contributed by atoms with van der Waals surface area (Å²) in [7, 11) is -1.35. The molecular weight excluding hydrogens is 164 g/mol. The molecule has 1 aromatic rings. The predicted molar refractivity (Wildman–Crippen MR) is 55.7 cm³/mol. The Morgan fingerprint density at radius 2 is 1.83 bits per heavy atom. The number of benzene rings is 1. The summed E-state index contributed by atoms with van der Waals surface area (Å²) in [4.78, 5) is 0. The lowest BCUT2D eigenvalue weighted by Gasteiger charge is -2.21. The molecule has 0 radical (unpaired) electrons. The van der Waals surface area contributed by atoms with E-state index in [0.717, 1.165) is 0 Å². The van der Waals surface area contributed by atoms with Crippen LogP contribution < -0.4 is 5.19 Å². The summed E-state index contributed by atoms with van der Waals surface area (Å²) in [6.45, 7) is 6.75. The van der Waals surface area contributed by atoms with E-state index >= 15 is 0 Å². The van der Waals surface area contributed by atoms with E-state index in [1.165, 1.54) is 11.2 Å². The van der Waals surface area contributed by atoms with Gasteiger partial charge in [0.1, 0.15) is 5.75 Å². The molecule has 0 aliphatic heterocycles. The van der Waals surface area contributed by atoms with Crippen LogP contribution in [0.4, 0.5) is 0 Å². The molecule has 0 atom stereocenters. The number of para-hydroxylation sites is 1. The topological polar surface area (TPSA) is 20.2 Å². The molecule has 1 aromatic carbocycles. The van der Waals surface area contributed by atoms with Crippen LogP contribution in [-0.2, 0) is 0 Å². The molecule has 0 aliphatic carbocycles. The van der Waals surface area contributed by atoms with Crippen molar-refractivity contribution in [1.82, 2.24) is 0 Å². The Balaban J connectivity index is 3.10. The first-order valence-electron chi connectivity index (χ1n) is 4.36. The molecular formula is C10H16OSi. The largest absolute Gasteiger partial charge is 0.508 e. The highest BCUT2D eigenvalue weighted by Gasteiger charge is 2.23. The van der Waals surface area contributed by atoms with Gasteiger partial charge in [0.15, 0.2) is 0 Å². The molecule has 0 aromatic heterocycles. The van der Waals surface area contributed by atoms with Gasteiger partial charge in [-0.1, -0.05) is 44.3 Å². The van der Waals surface area contributed by atoms with E-state index in [-0.39, 0.29) is 0 Å². The summed E-state index contributed by atoms with van der Waals surface area (Å²) < 4.78 is 0.